The highest BCUT2D eigenvalue weighted by Crippen LogP contribution is 2.30. The van der Waals surface area contributed by atoms with Crippen LogP contribution in [0.25, 0.3) is 10.1 Å². The van der Waals surface area contributed by atoms with Crippen LogP contribution in [-0.2, 0) is 0 Å². The van der Waals surface area contributed by atoms with Gasteiger partial charge in [0.1, 0.15) is 0 Å². The summed E-state index contributed by atoms with van der Waals surface area (Å²) in [6.07, 6.45) is -0.916. The molecule has 1 aromatic heterocycles. The molecule has 0 bridgehead atoms. The maximum Gasteiger partial charge on any atom is 0.163 e. The summed E-state index contributed by atoms with van der Waals surface area (Å²) >= 11 is 1.75. The number of hydrogen-bond acceptors (Lipinski definition) is 3. The van der Waals surface area contributed by atoms with Crippen molar-refractivity contribution in [3.63, 3.8) is 0 Å². The quantitative estimate of drug-likeness (QED) is 0.743. The maximum absolute atomic E-state index is 12.9. The average Bonchev–Trinajstić information content (AvgIpc) is 2.74. The summed E-state index contributed by atoms with van der Waals surface area (Å²) in [5, 5.41) is 9.54. The zero-order valence-corrected chi connectivity index (χ0v) is 9.56. The van der Waals surface area contributed by atoms with Crippen molar-refractivity contribution in [3.8, 4) is 0 Å². The fourth-order valence-corrected chi connectivity index (χ4v) is 3.14. The number of nitrogens with one attached hydrogen (secondary N) is 2. The molecule has 0 saturated carbocycles. The third-order valence-corrected chi connectivity index (χ3v) is 3.95. The van der Waals surface area contributed by atoms with Crippen LogP contribution in [0.4, 0.5) is 4.39 Å². The first-order valence-electron chi connectivity index (χ1n) is 5.41. The van der Waals surface area contributed by atoms with Crippen LogP contribution in [-0.4, -0.2) is 19.4 Å². The summed E-state index contributed by atoms with van der Waals surface area (Å²) < 4.78 is 14.2. The molecule has 2 atom stereocenters. The molecule has 1 aliphatic heterocycles. The van der Waals surface area contributed by atoms with Crippen molar-refractivity contribution < 1.29 is 4.39 Å². The fourth-order valence-electron chi connectivity index (χ4n) is 2.12. The molecule has 1 aliphatic rings. The molecule has 1 aromatic carbocycles. The van der Waals surface area contributed by atoms with Crippen LogP contribution in [0, 0.1) is 0 Å². The van der Waals surface area contributed by atoms with Crippen LogP contribution in [0.5, 0.6) is 0 Å². The van der Waals surface area contributed by atoms with Gasteiger partial charge in [0.15, 0.2) is 6.30 Å². The Bertz CT molecular complexity index is 488. The maximum atomic E-state index is 12.9. The lowest BCUT2D eigenvalue weighted by Crippen LogP contribution is -2.47. The second-order valence-corrected chi connectivity index (χ2v) is 4.94. The Labute approximate surface area is 97.5 Å². The fraction of sp³-hybridized carbons (Fsp3) is 0.333. The van der Waals surface area contributed by atoms with E-state index in [1.807, 2.05) is 12.1 Å². The first-order chi connectivity index (χ1) is 7.84. The molecule has 4 heteroatoms. The van der Waals surface area contributed by atoms with Crippen molar-refractivity contribution >= 4 is 21.4 Å². The second kappa shape index (κ2) is 4.13. The number of benzene rings is 1. The van der Waals surface area contributed by atoms with Crippen LogP contribution >= 0.6 is 11.3 Å². The predicted octanol–water partition coefficient (Wildman–Crippen LogP) is 2.43. The van der Waals surface area contributed by atoms with Gasteiger partial charge in [0, 0.05) is 23.8 Å². The lowest BCUT2D eigenvalue weighted by atomic mass is 10.0. The topological polar surface area (TPSA) is 24.1 Å². The van der Waals surface area contributed by atoms with Gasteiger partial charge in [0.25, 0.3) is 0 Å². The molecule has 0 aliphatic carbocycles. The van der Waals surface area contributed by atoms with Gasteiger partial charge < -0.3 is 5.32 Å². The number of hydrogen-bond donors (Lipinski definition) is 2. The Hall–Kier alpha value is -0.970. The molecule has 0 amide bonds. The SMILES string of the molecule is FC1CNC(c2csc3ccccc23)CN1. The van der Waals surface area contributed by atoms with E-state index in [9.17, 15) is 4.39 Å². The predicted molar refractivity (Wildman–Crippen MR) is 65.5 cm³/mol. The number of halogens is 1. The summed E-state index contributed by atoms with van der Waals surface area (Å²) in [5.41, 5.74) is 1.28. The van der Waals surface area contributed by atoms with Gasteiger partial charge in [-0.3, -0.25) is 5.32 Å². The number of fused-ring (bicyclic) bond motifs is 1. The Kier molecular flexibility index (Phi) is 2.63. The molecule has 0 spiro atoms. The van der Waals surface area contributed by atoms with Crippen molar-refractivity contribution in [2.75, 3.05) is 13.1 Å². The second-order valence-electron chi connectivity index (χ2n) is 4.02. The Morgan fingerprint density at radius 1 is 1.19 bits per heavy atom. The van der Waals surface area contributed by atoms with E-state index in [1.165, 1.54) is 15.6 Å². The summed E-state index contributed by atoms with van der Waals surface area (Å²) in [4.78, 5) is 0. The highest BCUT2D eigenvalue weighted by atomic mass is 32.1. The molecule has 2 unspecified atom stereocenters. The number of thiophene rings is 1. The molecular weight excluding hydrogens is 223 g/mol. The van der Waals surface area contributed by atoms with Gasteiger partial charge in [-0.2, -0.15) is 0 Å². The van der Waals surface area contributed by atoms with Crippen LogP contribution in [0.3, 0.4) is 0 Å². The van der Waals surface area contributed by atoms with E-state index in [2.05, 4.69) is 28.1 Å². The van der Waals surface area contributed by atoms with Crippen molar-refractivity contribution in [2.45, 2.75) is 12.3 Å². The van der Waals surface area contributed by atoms with E-state index >= 15 is 0 Å². The molecule has 2 nitrogen and oxygen atoms in total. The first-order valence-corrected chi connectivity index (χ1v) is 6.29. The first kappa shape index (κ1) is 10.2. The normalized spacial score (nSPS) is 26.1. The number of rotatable bonds is 1. The van der Waals surface area contributed by atoms with E-state index in [-0.39, 0.29) is 6.04 Å². The van der Waals surface area contributed by atoms with Crippen molar-refractivity contribution in [3.05, 3.63) is 35.2 Å². The van der Waals surface area contributed by atoms with E-state index in [0.717, 1.165) is 0 Å². The van der Waals surface area contributed by atoms with Gasteiger partial charge >= 0.3 is 0 Å². The molecule has 2 heterocycles. The Morgan fingerprint density at radius 3 is 2.88 bits per heavy atom. The third-order valence-electron chi connectivity index (χ3n) is 2.97. The lowest BCUT2D eigenvalue weighted by molar-refractivity contribution is 0.211. The molecule has 3 rings (SSSR count). The van der Waals surface area contributed by atoms with E-state index in [0.29, 0.717) is 13.1 Å². The monoisotopic (exact) mass is 236 g/mol. The van der Waals surface area contributed by atoms with Crippen LogP contribution in [0.15, 0.2) is 29.6 Å². The number of alkyl halides is 1. The molecule has 2 aromatic rings. The van der Waals surface area contributed by atoms with Crippen molar-refractivity contribution in [2.24, 2.45) is 0 Å². The average molecular weight is 236 g/mol. The minimum absolute atomic E-state index is 0.225. The summed E-state index contributed by atoms with van der Waals surface area (Å²) in [6, 6.07) is 8.57. The Morgan fingerprint density at radius 2 is 2.06 bits per heavy atom. The van der Waals surface area contributed by atoms with Gasteiger partial charge in [-0.15, -0.1) is 11.3 Å². The highest BCUT2D eigenvalue weighted by Gasteiger charge is 2.22. The third kappa shape index (κ3) is 1.73. The summed E-state index contributed by atoms with van der Waals surface area (Å²) in [6.45, 7) is 1.04. The molecule has 2 N–H and O–H groups in total. The molecular formula is C12H13FN2S. The lowest BCUT2D eigenvalue weighted by Gasteiger charge is -2.27. The minimum Gasteiger partial charge on any atom is -0.305 e. The van der Waals surface area contributed by atoms with Gasteiger partial charge in [-0.1, -0.05) is 18.2 Å². The van der Waals surface area contributed by atoms with Gasteiger partial charge in [0.2, 0.25) is 0 Å². The molecule has 0 radical (unpaired) electrons. The summed E-state index contributed by atoms with van der Waals surface area (Å²) in [5.74, 6) is 0. The molecule has 1 fully saturated rings. The van der Waals surface area contributed by atoms with Gasteiger partial charge in [0.05, 0.1) is 0 Å². The Balaban J connectivity index is 1.94. The van der Waals surface area contributed by atoms with Crippen LogP contribution in [0.2, 0.25) is 0 Å². The van der Waals surface area contributed by atoms with E-state index in [1.54, 1.807) is 11.3 Å². The number of piperazine rings is 1. The standard InChI is InChI=1S/C12H13FN2S/c13-12-6-14-10(5-15-12)9-7-16-11-4-2-1-3-8(9)11/h1-4,7,10,12,14-15H,5-6H2. The molecule has 16 heavy (non-hydrogen) atoms. The van der Waals surface area contributed by atoms with E-state index < -0.39 is 6.30 Å². The molecule has 1 saturated heterocycles. The minimum atomic E-state index is -0.916. The van der Waals surface area contributed by atoms with Crippen LogP contribution < -0.4 is 10.6 Å². The zero-order chi connectivity index (χ0) is 11.0. The largest absolute Gasteiger partial charge is 0.305 e. The van der Waals surface area contributed by atoms with Gasteiger partial charge in [-0.05, 0) is 22.4 Å². The highest BCUT2D eigenvalue weighted by molar-refractivity contribution is 7.17. The smallest absolute Gasteiger partial charge is 0.163 e. The van der Waals surface area contributed by atoms with Gasteiger partial charge in [-0.25, -0.2) is 4.39 Å². The van der Waals surface area contributed by atoms with Crippen LogP contribution in [0.1, 0.15) is 11.6 Å². The summed E-state index contributed by atoms with van der Waals surface area (Å²) in [7, 11) is 0. The van der Waals surface area contributed by atoms with Crippen molar-refractivity contribution in [1.82, 2.24) is 10.6 Å². The van der Waals surface area contributed by atoms with Crippen molar-refractivity contribution in [1.29, 1.82) is 0 Å². The molecule has 84 valence electrons. The zero-order valence-electron chi connectivity index (χ0n) is 8.74. The van der Waals surface area contributed by atoms with E-state index in [4.69, 9.17) is 0 Å².